The first-order valence-electron chi connectivity index (χ1n) is 10.2. The molecule has 0 N–H and O–H groups in total. The van der Waals surface area contributed by atoms with Crippen molar-refractivity contribution >= 4 is 5.78 Å². The molecule has 0 unspecified atom stereocenters. The summed E-state index contributed by atoms with van der Waals surface area (Å²) in [5.41, 5.74) is 3.38. The van der Waals surface area contributed by atoms with Gasteiger partial charge in [0.1, 0.15) is 5.75 Å². The van der Waals surface area contributed by atoms with Crippen molar-refractivity contribution < 1.29 is 9.53 Å². The van der Waals surface area contributed by atoms with Crippen molar-refractivity contribution in [2.75, 3.05) is 26.7 Å². The van der Waals surface area contributed by atoms with Crippen molar-refractivity contribution in [3.05, 3.63) is 65.2 Å². The number of benzene rings is 2. The van der Waals surface area contributed by atoms with E-state index in [2.05, 4.69) is 35.2 Å². The van der Waals surface area contributed by atoms with Gasteiger partial charge in [0.15, 0.2) is 5.78 Å². The van der Waals surface area contributed by atoms with Crippen molar-refractivity contribution in [1.82, 2.24) is 4.90 Å². The summed E-state index contributed by atoms with van der Waals surface area (Å²) in [5.74, 6) is 1.22. The number of hydrogen-bond acceptors (Lipinski definition) is 3. The van der Waals surface area contributed by atoms with Gasteiger partial charge in [-0.1, -0.05) is 30.3 Å². The first-order chi connectivity index (χ1) is 13.2. The third-order valence-corrected chi connectivity index (χ3v) is 6.51. The van der Waals surface area contributed by atoms with Gasteiger partial charge in [-0.2, -0.15) is 0 Å². The molecule has 0 radical (unpaired) electrons. The Hall–Kier alpha value is -2.13. The maximum Gasteiger partial charge on any atom is 0.169 e. The second kappa shape index (κ2) is 7.85. The number of Topliss-reactive ketones (excluding diaryl/α,β-unsaturated/α-hetero) is 1. The Labute approximate surface area is 162 Å². The molecule has 1 aliphatic carbocycles. The van der Waals surface area contributed by atoms with Gasteiger partial charge in [-0.15, -0.1) is 0 Å². The number of hydrogen-bond donors (Lipinski definition) is 0. The standard InChI is InChI=1S/C24H29NO2/c1-27-21-9-10-22-20(18-21)11-12-24(23(22)26)13-16-25(17-14-24)15-5-8-19-6-3-2-4-7-19/h2-4,6-7,9-10,18H,5,8,11-17H2,1H3. The fraction of sp³-hybridized carbons (Fsp3) is 0.458. The van der Waals surface area contributed by atoms with E-state index in [0.717, 1.165) is 68.6 Å². The van der Waals surface area contributed by atoms with Crippen LogP contribution in [0.5, 0.6) is 5.75 Å². The molecule has 1 aliphatic heterocycles. The van der Waals surface area contributed by atoms with Crippen molar-refractivity contribution in [2.45, 2.75) is 38.5 Å². The number of nitrogens with zero attached hydrogens (tertiary/aromatic N) is 1. The largest absolute Gasteiger partial charge is 0.497 e. The first kappa shape index (κ1) is 18.2. The molecule has 3 nitrogen and oxygen atoms in total. The minimum atomic E-state index is -0.127. The Bertz CT molecular complexity index is 791. The van der Waals surface area contributed by atoms with Gasteiger partial charge in [-0.05, 0) is 87.5 Å². The molecule has 0 saturated carbocycles. The lowest BCUT2D eigenvalue weighted by Crippen LogP contribution is -2.46. The van der Waals surface area contributed by atoms with E-state index in [1.54, 1.807) is 7.11 Å². The van der Waals surface area contributed by atoms with Crippen LogP contribution < -0.4 is 4.74 Å². The predicted octanol–water partition coefficient (Wildman–Crippen LogP) is 4.54. The molecule has 1 saturated heterocycles. The number of aryl methyl sites for hydroxylation is 2. The normalized spacial score (nSPS) is 19.1. The average molecular weight is 364 g/mol. The highest BCUT2D eigenvalue weighted by Gasteiger charge is 2.44. The van der Waals surface area contributed by atoms with Crippen LogP contribution in [0.4, 0.5) is 0 Å². The minimum absolute atomic E-state index is 0.127. The van der Waals surface area contributed by atoms with E-state index in [-0.39, 0.29) is 5.41 Å². The molecule has 3 heteroatoms. The van der Waals surface area contributed by atoms with Gasteiger partial charge < -0.3 is 9.64 Å². The molecule has 1 heterocycles. The van der Waals surface area contributed by atoms with E-state index >= 15 is 0 Å². The monoisotopic (exact) mass is 363 g/mol. The quantitative estimate of drug-likeness (QED) is 0.781. The smallest absolute Gasteiger partial charge is 0.169 e. The fourth-order valence-corrected chi connectivity index (χ4v) is 4.73. The Kier molecular flexibility index (Phi) is 5.31. The molecule has 0 atom stereocenters. The van der Waals surface area contributed by atoms with Gasteiger partial charge in [0.25, 0.3) is 0 Å². The maximum absolute atomic E-state index is 13.2. The highest BCUT2D eigenvalue weighted by molar-refractivity contribution is 6.03. The zero-order valence-corrected chi connectivity index (χ0v) is 16.2. The lowest BCUT2D eigenvalue weighted by molar-refractivity contribution is 0.0540. The summed E-state index contributed by atoms with van der Waals surface area (Å²) in [6.07, 6.45) is 6.31. The third-order valence-electron chi connectivity index (χ3n) is 6.51. The molecule has 1 spiro atoms. The number of fused-ring (bicyclic) bond motifs is 1. The second-order valence-corrected chi connectivity index (χ2v) is 8.06. The summed E-state index contributed by atoms with van der Waals surface area (Å²) in [6, 6.07) is 16.7. The minimum Gasteiger partial charge on any atom is -0.497 e. The summed E-state index contributed by atoms with van der Waals surface area (Å²) < 4.78 is 5.32. The Balaban J connectivity index is 1.33. The number of ketones is 1. The lowest BCUT2D eigenvalue weighted by Gasteiger charge is -2.43. The van der Waals surface area contributed by atoms with E-state index in [0.29, 0.717) is 5.78 Å². The van der Waals surface area contributed by atoms with Crippen LogP contribution in [0.1, 0.15) is 47.2 Å². The molecule has 2 aromatic rings. The second-order valence-electron chi connectivity index (χ2n) is 8.06. The van der Waals surface area contributed by atoms with Crippen LogP contribution in [0.2, 0.25) is 0 Å². The van der Waals surface area contributed by atoms with Gasteiger partial charge in [-0.25, -0.2) is 0 Å². The van der Waals surface area contributed by atoms with Crippen LogP contribution in [-0.4, -0.2) is 37.4 Å². The summed E-state index contributed by atoms with van der Waals surface area (Å²) in [6.45, 7) is 3.23. The fourth-order valence-electron chi connectivity index (χ4n) is 4.73. The molecular weight excluding hydrogens is 334 g/mol. The highest BCUT2D eigenvalue weighted by Crippen LogP contribution is 2.44. The van der Waals surface area contributed by atoms with E-state index in [1.807, 2.05) is 18.2 Å². The molecule has 2 aliphatic rings. The molecular formula is C24H29NO2. The molecule has 0 amide bonds. The Morgan fingerprint density at radius 1 is 1.04 bits per heavy atom. The van der Waals surface area contributed by atoms with Gasteiger partial charge in [0.05, 0.1) is 7.11 Å². The van der Waals surface area contributed by atoms with Gasteiger partial charge in [-0.3, -0.25) is 4.79 Å². The summed E-state index contributed by atoms with van der Waals surface area (Å²) >= 11 is 0. The van der Waals surface area contributed by atoms with Crippen LogP contribution in [0.15, 0.2) is 48.5 Å². The Morgan fingerprint density at radius 3 is 2.56 bits per heavy atom. The number of rotatable bonds is 5. The summed E-state index contributed by atoms with van der Waals surface area (Å²) in [4.78, 5) is 15.8. The number of piperidine rings is 1. The molecule has 27 heavy (non-hydrogen) atoms. The average Bonchev–Trinajstić information content (AvgIpc) is 2.73. The van der Waals surface area contributed by atoms with Gasteiger partial charge in [0, 0.05) is 11.0 Å². The van der Waals surface area contributed by atoms with Crippen molar-refractivity contribution in [3.8, 4) is 5.75 Å². The zero-order valence-electron chi connectivity index (χ0n) is 16.2. The molecule has 142 valence electrons. The van der Waals surface area contributed by atoms with Crippen LogP contribution in [0, 0.1) is 5.41 Å². The topological polar surface area (TPSA) is 29.5 Å². The third kappa shape index (κ3) is 3.79. The van der Waals surface area contributed by atoms with E-state index in [4.69, 9.17) is 4.74 Å². The predicted molar refractivity (Wildman–Crippen MR) is 109 cm³/mol. The molecule has 1 fully saturated rings. The highest BCUT2D eigenvalue weighted by atomic mass is 16.5. The SMILES string of the molecule is COc1ccc2c(c1)CCC1(CCN(CCCc3ccccc3)CC1)C2=O. The van der Waals surface area contributed by atoms with Crippen molar-refractivity contribution in [1.29, 1.82) is 0 Å². The van der Waals surface area contributed by atoms with E-state index in [9.17, 15) is 4.79 Å². The molecule has 4 rings (SSSR count). The van der Waals surface area contributed by atoms with Crippen LogP contribution in [0.3, 0.4) is 0 Å². The molecule has 2 aromatic carbocycles. The van der Waals surface area contributed by atoms with Crippen LogP contribution in [-0.2, 0) is 12.8 Å². The number of methoxy groups -OCH3 is 1. The van der Waals surface area contributed by atoms with Crippen LogP contribution >= 0.6 is 0 Å². The number of carbonyl (C=O) groups excluding carboxylic acids is 1. The maximum atomic E-state index is 13.2. The lowest BCUT2D eigenvalue weighted by atomic mass is 9.65. The van der Waals surface area contributed by atoms with Crippen molar-refractivity contribution in [2.24, 2.45) is 5.41 Å². The van der Waals surface area contributed by atoms with E-state index < -0.39 is 0 Å². The van der Waals surface area contributed by atoms with Gasteiger partial charge >= 0.3 is 0 Å². The van der Waals surface area contributed by atoms with Crippen LogP contribution in [0.25, 0.3) is 0 Å². The summed E-state index contributed by atoms with van der Waals surface area (Å²) in [7, 11) is 1.68. The zero-order chi connectivity index (χ0) is 18.7. The summed E-state index contributed by atoms with van der Waals surface area (Å²) in [5, 5.41) is 0. The number of carbonyl (C=O) groups is 1. The number of likely N-dealkylation sites (tertiary alicyclic amines) is 1. The molecule has 0 bridgehead atoms. The van der Waals surface area contributed by atoms with E-state index in [1.165, 1.54) is 12.0 Å². The van der Waals surface area contributed by atoms with Gasteiger partial charge in [0.2, 0.25) is 0 Å². The Morgan fingerprint density at radius 2 is 1.81 bits per heavy atom. The van der Waals surface area contributed by atoms with Crippen molar-refractivity contribution in [3.63, 3.8) is 0 Å². The molecule has 0 aromatic heterocycles. The first-order valence-corrected chi connectivity index (χ1v) is 10.2. The number of ether oxygens (including phenoxy) is 1.